The predicted molar refractivity (Wildman–Crippen MR) is 74.4 cm³/mol. The van der Waals surface area contributed by atoms with Crippen LogP contribution >= 0.6 is 31.9 Å². The molecule has 0 radical (unpaired) electrons. The summed E-state index contributed by atoms with van der Waals surface area (Å²) < 4.78 is 12.0. The molecule has 0 unspecified atom stereocenters. The molecule has 0 N–H and O–H groups in total. The van der Waals surface area contributed by atoms with E-state index in [-0.39, 0.29) is 0 Å². The zero-order valence-corrected chi connectivity index (χ0v) is 12.2. The Morgan fingerprint density at radius 1 is 1.29 bits per heavy atom. The molecule has 5 heteroatoms. The van der Waals surface area contributed by atoms with E-state index >= 15 is 0 Å². The average molecular weight is 359 g/mol. The maximum absolute atomic E-state index is 5.38. The van der Waals surface area contributed by atoms with E-state index in [2.05, 4.69) is 36.9 Å². The van der Waals surface area contributed by atoms with Crippen molar-refractivity contribution in [3.8, 4) is 5.75 Å². The van der Waals surface area contributed by atoms with Crippen molar-refractivity contribution in [2.75, 3.05) is 7.11 Å². The quantitative estimate of drug-likeness (QED) is 0.753. The standard InChI is InChI=1S/C12H9Br2NO2/c1-16-9-4-2-3-8(5-9)15-7-10-6-11(13)12(14)17-10/h2-7H,1H3. The largest absolute Gasteiger partial charge is 0.497 e. The number of rotatable bonds is 3. The molecule has 17 heavy (non-hydrogen) atoms. The third-order valence-corrected chi connectivity index (χ3v) is 3.77. The van der Waals surface area contributed by atoms with Gasteiger partial charge in [0.2, 0.25) is 0 Å². The van der Waals surface area contributed by atoms with Crippen molar-refractivity contribution in [2.24, 2.45) is 4.99 Å². The molecule has 88 valence electrons. The van der Waals surface area contributed by atoms with Gasteiger partial charge in [0.25, 0.3) is 0 Å². The van der Waals surface area contributed by atoms with Gasteiger partial charge in [-0.25, -0.2) is 0 Å². The molecule has 1 aromatic heterocycles. The molecule has 0 aliphatic heterocycles. The van der Waals surface area contributed by atoms with E-state index in [0.29, 0.717) is 10.4 Å². The second-order valence-electron chi connectivity index (χ2n) is 3.23. The SMILES string of the molecule is COc1cccc(N=Cc2cc(Br)c(Br)o2)c1. The van der Waals surface area contributed by atoms with Gasteiger partial charge in [-0.1, -0.05) is 6.07 Å². The number of halogens is 2. The molecular weight excluding hydrogens is 350 g/mol. The Morgan fingerprint density at radius 3 is 2.76 bits per heavy atom. The summed E-state index contributed by atoms with van der Waals surface area (Å²) in [5, 5.41) is 0. The summed E-state index contributed by atoms with van der Waals surface area (Å²) in [5.74, 6) is 1.45. The molecule has 0 bridgehead atoms. The van der Waals surface area contributed by atoms with Gasteiger partial charge in [-0.05, 0) is 44.0 Å². The van der Waals surface area contributed by atoms with Crippen molar-refractivity contribution >= 4 is 43.8 Å². The topological polar surface area (TPSA) is 34.7 Å². The fourth-order valence-electron chi connectivity index (χ4n) is 1.26. The lowest BCUT2D eigenvalue weighted by molar-refractivity contribution is 0.415. The van der Waals surface area contributed by atoms with Crippen molar-refractivity contribution in [3.05, 3.63) is 45.2 Å². The summed E-state index contributed by atoms with van der Waals surface area (Å²) in [5.41, 5.74) is 0.813. The highest BCUT2D eigenvalue weighted by Crippen LogP contribution is 2.26. The van der Waals surface area contributed by atoms with Crippen LogP contribution in [0.15, 0.2) is 48.9 Å². The van der Waals surface area contributed by atoms with Gasteiger partial charge in [-0.2, -0.15) is 0 Å². The van der Waals surface area contributed by atoms with Crippen molar-refractivity contribution in [1.29, 1.82) is 0 Å². The number of nitrogens with zero attached hydrogens (tertiary/aromatic N) is 1. The lowest BCUT2D eigenvalue weighted by Crippen LogP contribution is -1.80. The van der Waals surface area contributed by atoms with E-state index in [4.69, 9.17) is 9.15 Å². The van der Waals surface area contributed by atoms with E-state index in [1.165, 1.54) is 0 Å². The van der Waals surface area contributed by atoms with Gasteiger partial charge in [0.1, 0.15) is 11.5 Å². The lowest BCUT2D eigenvalue weighted by atomic mass is 10.3. The number of aliphatic imine (C=N–C) groups is 1. The zero-order chi connectivity index (χ0) is 12.3. The first kappa shape index (κ1) is 12.4. The Hall–Kier alpha value is -1.07. The Morgan fingerprint density at radius 2 is 2.12 bits per heavy atom. The number of ether oxygens (including phenoxy) is 1. The first-order valence-electron chi connectivity index (χ1n) is 4.82. The van der Waals surface area contributed by atoms with Crippen LogP contribution in [-0.2, 0) is 0 Å². The van der Waals surface area contributed by atoms with Crippen LogP contribution in [0.4, 0.5) is 5.69 Å². The second-order valence-corrected chi connectivity index (χ2v) is 4.80. The van der Waals surface area contributed by atoms with E-state index in [1.54, 1.807) is 13.3 Å². The molecule has 0 spiro atoms. The van der Waals surface area contributed by atoms with Gasteiger partial charge in [0.05, 0.1) is 23.5 Å². The number of methoxy groups -OCH3 is 1. The monoisotopic (exact) mass is 357 g/mol. The van der Waals surface area contributed by atoms with Crippen LogP contribution in [0.1, 0.15) is 5.76 Å². The first-order chi connectivity index (χ1) is 8.19. The second kappa shape index (κ2) is 5.51. The fraction of sp³-hybridized carbons (Fsp3) is 0.0833. The van der Waals surface area contributed by atoms with E-state index in [9.17, 15) is 0 Å². The Labute approximate surface area is 116 Å². The molecule has 0 saturated heterocycles. The van der Waals surface area contributed by atoms with Crippen LogP contribution < -0.4 is 4.74 Å². The van der Waals surface area contributed by atoms with E-state index < -0.39 is 0 Å². The normalized spacial score (nSPS) is 11.0. The van der Waals surface area contributed by atoms with Gasteiger partial charge in [-0.15, -0.1) is 0 Å². The van der Waals surface area contributed by atoms with E-state index in [1.807, 2.05) is 30.3 Å². The Bertz CT molecular complexity index is 530. The molecule has 0 amide bonds. The van der Waals surface area contributed by atoms with Crippen molar-refractivity contribution in [3.63, 3.8) is 0 Å². The lowest BCUT2D eigenvalue weighted by Gasteiger charge is -1.98. The molecule has 0 atom stereocenters. The molecule has 0 saturated carbocycles. The molecule has 2 rings (SSSR count). The highest BCUT2D eigenvalue weighted by Gasteiger charge is 2.03. The van der Waals surface area contributed by atoms with Crippen molar-refractivity contribution < 1.29 is 9.15 Å². The molecule has 1 heterocycles. The molecule has 2 aromatic rings. The Kier molecular flexibility index (Phi) is 4.02. The summed E-state index contributed by atoms with van der Waals surface area (Å²) >= 11 is 6.61. The van der Waals surface area contributed by atoms with Crippen LogP contribution in [0.5, 0.6) is 5.75 Å². The van der Waals surface area contributed by atoms with Crippen molar-refractivity contribution in [1.82, 2.24) is 0 Å². The minimum absolute atomic E-state index is 0.657. The minimum Gasteiger partial charge on any atom is -0.497 e. The summed E-state index contributed by atoms with van der Waals surface area (Å²) in [6, 6.07) is 9.35. The number of hydrogen-bond acceptors (Lipinski definition) is 3. The number of furan rings is 1. The van der Waals surface area contributed by atoms with Crippen molar-refractivity contribution in [2.45, 2.75) is 0 Å². The van der Waals surface area contributed by atoms with Gasteiger partial charge in [-0.3, -0.25) is 4.99 Å². The minimum atomic E-state index is 0.657. The molecule has 1 aromatic carbocycles. The smallest absolute Gasteiger partial charge is 0.184 e. The number of benzene rings is 1. The summed E-state index contributed by atoms with van der Waals surface area (Å²) in [7, 11) is 1.63. The summed E-state index contributed by atoms with van der Waals surface area (Å²) in [6.07, 6.45) is 1.66. The highest BCUT2D eigenvalue weighted by atomic mass is 79.9. The highest BCUT2D eigenvalue weighted by molar-refractivity contribution is 9.13. The third-order valence-electron chi connectivity index (χ3n) is 2.06. The van der Waals surface area contributed by atoms with Crippen LogP contribution in [0.25, 0.3) is 0 Å². The molecule has 0 aliphatic carbocycles. The fourth-order valence-corrected chi connectivity index (χ4v) is 1.86. The predicted octanol–water partition coefficient (Wildman–Crippen LogP) is 4.56. The van der Waals surface area contributed by atoms with Crippen LogP contribution in [0.3, 0.4) is 0 Å². The van der Waals surface area contributed by atoms with Crippen LogP contribution in [0, 0.1) is 0 Å². The first-order valence-corrected chi connectivity index (χ1v) is 6.40. The molecule has 0 fully saturated rings. The maximum atomic E-state index is 5.38. The Balaban J connectivity index is 2.19. The molecule has 0 aliphatic rings. The van der Waals surface area contributed by atoms with Crippen LogP contribution in [-0.4, -0.2) is 13.3 Å². The van der Waals surface area contributed by atoms with Gasteiger partial charge in [0, 0.05) is 12.1 Å². The summed E-state index contributed by atoms with van der Waals surface area (Å²) in [6.45, 7) is 0. The summed E-state index contributed by atoms with van der Waals surface area (Å²) in [4.78, 5) is 4.30. The van der Waals surface area contributed by atoms with Gasteiger partial charge >= 0.3 is 0 Å². The number of hydrogen-bond donors (Lipinski definition) is 0. The van der Waals surface area contributed by atoms with Gasteiger partial charge < -0.3 is 9.15 Å². The third kappa shape index (κ3) is 3.20. The zero-order valence-electron chi connectivity index (χ0n) is 8.98. The molecular formula is C12H9Br2NO2. The van der Waals surface area contributed by atoms with Crippen LogP contribution in [0.2, 0.25) is 0 Å². The van der Waals surface area contributed by atoms with E-state index in [0.717, 1.165) is 15.9 Å². The van der Waals surface area contributed by atoms with Gasteiger partial charge in [0.15, 0.2) is 4.67 Å². The molecule has 3 nitrogen and oxygen atoms in total. The average Bonchev–Trinajstić information content (AvgIpc) is 2.67. The maximum Gasteiger partial charge on any atom is 0.184 e.